The summed E-state index contributed by atoms with van der Waals surface area (Å²) >= 11 is 3.19. The first-order valence-corrected chi connectivity index (χ1v) is 8.13. The van der Waals surface area contributed by atoms with Gasteiger partial charge in [0.25, 0.3) is 0 Å². The Morgan fingerprint density at radius 1 is 1.38 bits per heavy atom. The Bertz CT molecular complexity index is 647. The van der Waals surface area contributed by atoms with E-state index in [9.17, 15) is 4.39 Å². The zero-order valence-corrected chi connectivity index (χ0v) is 13.7. The van der Waals surface area contributed by atoms with Crippen molar-refractivity contribution in [2.24, 2.45) is 5.92 Å². The van der Waals surface area contributed by atoms with Crippen molar-refractivity contribution in [3.63, 3.8) is 0 Å². The van der Waals surface area contributed by atoms with Crippen LogP contribution in [-0.2, 0) is 6.54 Å². The zero-order chi connectivity index (χ0) is 15.0. The van der Waals surface area contributed by atoms with Crippen molar-refractivity contribution in [3.05, 3.63) is 22.4 Å². The van der Waals surface area contributed by atoms with E-state index in [0.717, 1.165) is 43.0 Å². The van der Waals surface area contributed by atoms with Crippen LogP contribution in [0.2, 0.25) is 0 Å². The summed E-state index contributed by atoms with van der Waals surface area (Å²) in [4.78, 5) is 6.69. The number of piperidine rings is 1. The molecule has 2 aromatic rings. The molecule has 0 atom stereocenters. The Balaban J connectivity index is 1.77. The van der Waals surface area contributed by atoms with E-state index in [-0.39, 0.29) is 5.82 Å². The lowest BCUT2D eigenvalue weighted by Crippen LogP contribution is -2.30. The number of nitrogens with two attached hydrogens (primary N) is 1. The number of anilines is 1. The number of imidazole rings is 1. The number of halogens is 2. The molecule has 0 saturated carbocycles. The molecule has 1 saturated heterocycles. The third-order valence-corrected chi connectivity index (χ3v) is 5.03. The van der Waals surface area contributed by atoms with E-state index < -0.39 is 0 Å². The number of nitrogen functional groups attached to an aromatic ring is 1. The Morgan fingerprint density at radius 2 is 2.10 bits per heavy atom. The number of aryl methyl sites for hydroxylation is 1. The molecule has 4 nitrogen and oxygen atoms in total. The van der Waals surface area contributed by atoms with Crippen LogP contribution < -0.4 is 5.73 Å². The summed E-state index contributed by atoms with van der Waals surface area (Å²) in [6.07, 6.45) is 3.52. The summed E-state index contributed by atoms with van der Waals surface area (Å²) in [5.74, 6) is 0.914. The van der Waals surface area contributed by atoms with Gasteiger partial charge in [-0.2, -0.15) is 0 Å². The molecule has 0 unspecified atom stereocenters. The molecule has 3 rings (SSSR count). The SMILES string of the molecule is CN1CCC(CCn2c(N)nc3cc(Br)c(F)cc32)CC1. The van der Waals surface area contributed by atoms with Gasteiger partial charge in [0.2, 0.25) is 5.95 Å². The number of hydrogen-bond acceptors (Lipinski definition) is 3. The topological polar surface area (TPSA) is 47.1 Å². The van der Waals surface area contributed by atoms with Gasteiger partial charge in [0.15, 0.2) is 0 Å². The number of nitrogens with zero attached hydrogens (tertiary/aromatic N) is 3. The molecular formula is C15H20BrFN4. The van der Waals surface area contributed by atoms with E-state index in [4.69, 9.17) is 5.73 Å². The Morgan fingerprint density at radius 3 is 2.81 bits per heavy atom. The predicted octanol–water partition coefficient (Wildman–Crippen LogP) is 3.25. The summed E-state index contributed by atoms with van der Waals surface area (Å²) in [6, 6.07) is 3.20. The van der Waals surface area contributed by atoms with E-state index in [1.165, 1.54) is 18.9 Å². The van der Waals surface area contributed by atoms with Gasteiger partial charge in [0.05, 0.1) is 15.5 Å². The molecule has 0 spiro atoms. The molecule has 0 amide bonds. The molecule has 114 valence electrons. The Kier molecular flexibility index (Phi) is 4.17. The third-order valence-electron chi connectivity index (χ3n) is 4.42. The number of likely N-dealkylation sites (tertiary alicyclic amines) is 1. The molecule has 1 aromatic heterocycles. The highest BCUT2D eigenvalue weighted by Crippen LogP contribution is 2.27. The maximum Gasteiger partial charge on any atom is 0.201 e. The maximum atomic E-state index is 13.7. The van der Waals surface area contributed by atoms with Crippen molar-refractivity contribution in [1.82, 2.24) is 14.5 Å². The molecule has 0 aliphatic carbocycles. The zero-order valence-electron chi connectivity index (χ0n) is 12.1. The van der Waals surface area contributed by atoms with E-state index in [1.54, 1.807) is 6.07 Å². The second kappa shape index (κ2) is 5.93. The molecule has 1 aliphatic heterocycles. The average molecular weight is 355 g/mol. The fraction of sp³-hybridized carbons (Fsp3) is 0.533. The summed E-state index contributed by atoms with van der Waals surface area (Å²) in [7, 11) is 2.16. The van der Waals surface area contributed by atoms with Gasteiger partial charge in [-0.3, -0.25) is 0 Å². The lowest BCUT2D eigenvalue weighted by molar-refractivity contribution is 0.208. The molecule has 1 aromatic carbocycles. The molecule has 2 N–H and O–H groups in total. The summed E-state index contributed by atoms with van der Waals surface area (Å²) in [5.41, 5.74) is 7.52. The number of fused-ring (bicyclic) bond motifs is 1. The molecule has 0 radical (unpaired) electrons. The highest BCUT2D eigenvalue weighted by Gasteiger charge is 2.18. The summed E-state index contributed by atoms with van der Waals surface area (Å²) in [5, 5.41) is 0. The van der Waals surface area contributed by atoms with Crippen molar-refractivity contribution >= 4 is 32.9 Å². The standard InChI is InChI=1S/C15H20BrFN4/c1-20-5-2-10(3-6-20)4-7-21-14-9-12(17)11(16)8-13(14)19-15(21)18/h8-10H,2-7H2,1H3,(H2,18,19). The van der Waals surface area contributed by atoms with Crippen LogP contribution in [0.1, 0.15) is 19.3 Å². The largest absolute Gasteiger partial charge is 0.369 e. The van der Waals surface area contributed by atoms with E-state index >= 15 is 0 Å². The molecule has 2 heterocycles. The molecule has 6 heteroatoms. The van der Waals surface area contributed by atoms with Crippen LogP contribution in [0.5, 0.6) is 0 Å². The second-order valence-electron chi connectivity index (χ2n) is 5.91. The minimum Gasteiger partial charge on any atom is -0.369 e. The number of rotatable bonds is 3. The van der Waals surface area contributed by atoms with Gasteiger partial charge < -0.3 is 15.2 Å². The van der Waals surface area contributed by atoms with Crippen molar-refractivity contribution in [1.29, 1.82) is 0 Å². The van der Waals surface area contributed by atoms with Crippen LogP contribution in [0.3, 0.4) is 0 Å². The van der Waals surface area contributed by atoms with Crippen molar-refractivity contribution in [2.45, 2.75) is 25.8 Å². The Labute approximate surface area is 132 Å². The third kappa shape index (κ3) is 3.06. The van der Waals surface area contributed by atoms with Crippen LogP contribution >= 0.6 is 15.9 Å². The van der Waals surface area contributed by atoms with Crippen molar-refractivity contribution < 1.29 is 4.39 Å². The predicted molar refractivity (Wildman–Crippen MR) is 86.6 cm³/mol. The summed E-state index contributed by atoms with van der Waals surface area (Å²) < 4.78 is 16.1. The number of aromatic nitrogens is 2. The minimum atomic E-state index is -0.275. The molecule has 21 heavy (non-hydrogen) atoms. The normalized spacial score (nSPS) is 17.7. The quantitative estimate of drug-likeness (QED) is 0.920. The van der Waals surface area contributed by atoms with Gasteiger partial charge in [-0.15, -0.1) is 0 Å². The number of benzene rings is 1. The van der Waals surface area contributed by atoms with Crippen LogP contribution in [0.4, 0.5) is 10.3 Å². The Hall–Kier alpha value is -1.14. The monoisotopic (exact) mass is 354 g/mol. The van der Waals surface area contributed by atoms with E-state index in [1.807, 2.05) is 4.57 Å². The highest BCUT2D eigenvalue weighted by molar-refractivity contribution is 9.10. The first kappa shape index (κ1) is 14.8. The van der Waals surface area contributed by atoms with Crippen LogP contribution in [-0.4, -0.2) is 34.6 Å². The first-order valence-electron chi connectivity index (χ1n) is 7.34. The van der Waals surface area contributed by atoms with Crippen molar-refractivity contribution in [3.8, 4) is 0 Å². The highest BCUT2D eigenvalue weighted by atomic mass is 79.9. The molecule has 1 aliphatic rings. The maximum absolute atomic E-state index is 13.7. The van der Waals surface area contributed by atoms with Gasteiger partial charge >= 0.3 is 0 Å². The fourth-order valence-electron chi connectivity index (χ4n) is 3.04. The lowest BCUT2D eigenvalue weighted by atomic mass is 9.94. The van der Waals surface area contributed by atoms with Crippen molar-refractivity contribution in [2.75, 3.05) is 25.9 Å². The fourth-order valence-corrected chi connectivity index (χ4v) is 3.37. The smallest absolute Gasteiger partial charge is 0.201 e. The van der Waals surface area contributed by atoms with Gasteiger partial charge in [0.1, 0.15) is 5.82 Å². The molecular weight excluding hydrogens is 335 g/mol. The van der Waals surface area contributed by atoms with Gasteiger partial charge in [-0.05, 0) is 67.3 Å². The van der Waals surface area contributed by atoms with Gasteiger partial charge in [0, 0.05) is 12.6 Å². The average Bonchev–Trinajstić information content (AvgIpc) is 2.74. The lowest BCUT2D eigenvalue weighted by Gasteiger charge is -2.29. The van der Waals surface area contributed by atoms with Gasteiger partial charge in [-0.1, -0.05) is 0 Å². The minimum absolute atomic E-state index is 0.275. The van der Waals surface area contributed by atoms with Crippen LogP contribution in [0.15, 0.2) is 16.6 Å². The number of hydrogen-bond donors (Lipinski definition) is 1. The summed E-state index contributed by atoms with van der Waals surface area (Å²) in [6.45, 7) is 3.12. The molecule has 1 fully saturated rings. The van der Waals surface area contributed by atoms with Crippen LogP contribution in [0.25, 0.3) is 11.0 Å². The molecule has 0 bridgehead atoms. The van der Waals surface area contributed by atoms with E-state index in [0.29, 0.717) is 10.4 Å². The van der Waals surface area contributed by atoms with Gasteiger partial charge in [-0.25, -0.2) is 9.37 Å². The van der Waals surface area contributed by atoms with Crippen LogP contribution in [0, 0.1) is 11.7 Å². The second-order valence-corrected chi connectivity index (χ2v) is 6.77. The van der Waals surface area contributed by atoms with E-state index in [2.05, 4.69) is 32.9 Å². The first-order chi connectivity index (χ1) is 10.0.